The largest absolute Gasteiger partial charge is 0.122 e. The Hall–Kier alpha value is -0.740. The molecule has 0 aromatic carbocycles. The lowest BCUT2D eigenvalue weighted by Crippen LogP contribution is -1.65. The third-order valence-corrected chi connectivity index (χ3v) is 0.957. The maximum absolute atomic E-state index is 3.63. The van der Waals surface area contributed by atoms with Gasteiger partial charge in [-0.3, -0.25) is 0 Å². The van der Waals surface area contributed by atoms with Crippen LogP contribution in [0.1, 0.15) is 20.3 Å². The molecule has 0 saturated carbocycles. The zero-order valence-corrected chi connectivity index (χ0v) is 5.57. The highest BCUT2D eigenvalue weighted by Crippen LogP contribution is 1.96. The van der Waals surface area contributed by atoms with E-state index in [0.717, 1.165) is 6.42 Å². The fraction of sp³-hybridized carbons (Fsp3) is 0.375. The summed E-state index contributed by atoms with van der Waals surface area (Å²) in [5.74, 6) is 0. The summed E-state index contributed by atoms with van der Waals surface area (Å²) in [6.45, 7) is 7.68. The lowest BCUT2D eigenvalue weighted by atomic mass is 10.2. The Morgan fingerprint density at radius 2 is 2.38 bits per heavy atom. The topological polar surface area (TPSA) is 0 Å². The molecule has 44 valence electrons. The molecule has 0 heteroatoms. The Bertz CT molecular complexity index is 123. The van der Waals surface area contributed by atoms with Crippen LogP contribution in [0.2, 0.25) is 0 Å². The minimum atomic E-state index is 1.02. The average molecular weight is 108 g/mol. The summed E-state index contributed by atoms with van der Waals surface area (Å²) in [6.07, 6.45) is 4.76. The second-order valence-electron chi connectivity index (χ2n) is 1.52. The van der Waals surface area contributed by atoms with Gasteiger partial charge < -0.3 is 0 Å². The van der Waals surface area contributed by atoms with Crippen molar-refractivity contribution in [3.05, 3.63) is 30.0 Å². The molecule has 0 fully saturated rings. The second-order valence-corrected chi connectivity index (χ2v) is 1.52. The van der Waals surface area contributed by atoms with Gasteiger partial charge in [-0.2, -0.15) is 0 Å². The number of hydrogen-bond donors (Lipinski definition) is 0. The molecule has 0 aromatic rings. The second kappa shape index (κ2) is 4.42. The van der Waals surface area contributed by atoms with E-state index < -0.39 is 0 Å². The summed E-state index contributed by atoms with van der Waals surface area (Å²) in [6, 6.07) is 0. The van der Waals surface area contributed by atoms with Crippen LogP contribution < -0.4 is 0 Å². The van der Waals surface area contributed by atoms with Gasteiger partial charge in [0.2, 0.25) is 0 Å². The first-order valence-corrected chi connectivity index (χ1v) is 2.87. The Morgan fingerprint density at radius 3 is 2.50 bits per heavy atom. The van der Waals surface area contributed by atoms with Crippen LogP contribution in [-0.2, 0) is 0 Å². The van der Waals surface area contributed by atoms with Gasteiger partial charge >= 0.3 is 0 Å². The molecule has 0 N–H and O–H groups in total. The zero-order chi connectivity index (χ0) is 6.41. The van der Waals surface area contributed by atoms with Gasteiger partial charge in [-0.05, 0) is 25.0 Å². The Kier molecular flexibility index (Phi) is 4.01. The maximum atomic E-state index is 3.63. The van der Waals surface area contributed by atoms with Crippen molar-refractivity contribution in [2.75, 3.05) is 0 Å². The van der Waals surface area contributed by atoms with Gasteiger partial charge in [-0.25, -0.2) is 0 Å². The third-order valence-electron chi connectivity index (χ3n) is 0.957. The molecule has 0 amide bonds. The molecule has 0 aliphatic rings. The summed E-state index contributed by atoms with van der Waals surface area (Å²) >= 11 is 0. The van der Waals surface area contributed by atoms with Crippen molar-refractivity contribution >= 4 is 0 Å². The fourth-order valence-electron chi connectivity index (χ4n) is 0.491. The highest BCUT2D eigenvalue weighted by molar-refractivity contribution is 5.14. The predicted molar refractivity (Wildman–Crippen MR) is 37.8 cm³/mol. The summed E-state index contributed by atoms with van der Waals surface area (Å²) < 4.78 is 0. The van der Waals surface area contributed by atoms with Crippen LogP contribution in [0.25, 0.3) is 0 Å². The van der Waals surface area contributed by atoms with Crippen LogP contribution in [0.4, 0.5) is 0 Å². The van der Waals surface area contributed by atoms with Crippen LogP contribution in [0.15, 0.2) is 30.0 Å². The van der Waals surface area contributed by atoms with Crippen molar-refractivity contribution in [1.82, 2.24) is 0 Å². The minimum Gasteiger partial charge on any atom is -0.122 e. The molecule has 0 aromatic heterocycles. The Balaban J connectivity index is 4.08. The van der Waals surface area contributed by atoms with Crippen molar-refractivity contribution in [2.45, 2.75) is 20.3 Å². The molecule has 0 heterocycles. The van der Waals surface area contributed by atoms with Gasteiger partial charge in [-0.15, -0.1) is 5.73 Å². The quantitative estimate of drug-likeness (QED) is 0.377. The van der Waals surface area contributed by atoms with E-state index in [1.807, 2.05) is 19.1 Å². The molecule has 0 aliphatic heterocycles. The Labute approximate surface area is 51.2 Å². The predicted octanol–water partition coefficient (Wildman–Crippen LogP) is 2.68. The van der Waals surface area contributed by atoms with E-state index in [-0.39, 0.29) is 0 Å². The molecule has 0 saturated heterocycles. The van der Waals surface area contributed by atoms with E-state index in [9.17, 15) is 0 Å². The van der Waals surface area contributed by atoms with Gasteiger partial charge in [0.05, 0.1) is 0 Å². The van der Waals surface area contributed by atoms with E-state index in [1.165, 1.54) is 5.57 Å². The van der Waals surface area contributed by atoms with Gasteiger partial charge in [0.1, 0.15) is 0 Å². The first-order chi connectivity index (χ1) is 3.85. The van der Waals surface area contributed by atoms with E-state index in [4.69, 9.17) is 0 Å². The van der Waals surface area contributed by atoms with E-state index in [0.29, 0.717) is 0 Å². The molecule has 0 nitrogen and oxygen atoms in total. The first-order valence-electron chi connectivity index (χ1n) is 2.87. The monoisotopic (exact) mass is 108 g/mol. The normalized spacial score (nSPS) is 7.25. The molecular formula is C8H12. The molecule has 0 aliphatic carbocycles. The van der Waals surface area contributed by atoms with Crippen molar-refractivity contribution in [2.24, 2.45) is 0 Å². The summed E-state index contributed by atoms with van der Waals surface area (Å²) in [5.41, 5.74) is 4.23. The maximum Gasteiger partial charge on any atom is -0.00724 e. The van der Waals surface area contributed by atoms with Crippen molar-refractivity contribution in [3.63, 3.8) is 0 Å². The molecule has 0 bridgehead atoms. The SMILES string of the molecule is C=CC(=C=CC)CC. The average Bonchev–Trinajstić information content (AvgIpc) is 1.83. The molecular weight excluding hydrogens is 96.1 g/mol. The highest BCUT2D eigenvalue weighted by Gasteiger charge is 1.77. The zero-order valence-electron chi connectivity index (χ0n) is 5.57. The van der Waals surface area contributed by atoms with Gasteiger partial charge in [-0.1, -0.05) is 19.6 Å². The fourth-order valence-corrected chi connectivity index (χ4v) is 0.491. The number of rotatable bonds is 2. The Morgan fingerprint density at radius 1 is 1.75 bits per heavy atom. The van der Waals surface area contributed by atoms with Gasteiger partial charge in [0.25, 0.3) is 0 Å². The van der Waals surface area contributed by atoms with Gasteiger partial charge in [0.15, 0.2) is 0 Å². The smallest absolute Gasteiger partial charge is 0.00724 e. The van der Waals surface area contributed by atoms with Crippen LogP contribution in [0, 0.1) is 0 Å². The van der Waals surface area contributed by atoms with Crippen molar-refractivity contribution < 1.29 is 0 Å². The number of hydrogen-bond acceptors (Lipinski definition) is 0. The lowest BCUT2D eigenvalue weighted by Gasteiger charge is -1.84. The molecule has 0 radical (unpaired) electrons. The molecule has 0 rings (SSSR count). The first kappa shape index (κ1) is 7.26. The lowest BCUT2D eigenvalue weighted by molar-refractivity contribution is 1.16. The summed E-state index contributed by atoms with van der Waals surface area (Å²) in [7, 11) is 0. The van der Waals surface area contributed by atoms with Crippen LogP contribution in [-0.4, -0.2) is 0 Å². The van der Waals surface area contributed by atoms with Gasteiger partial charge in [0, 0.05) is 0 Å². The molecule has 0 spiro atoms. The van der Waals surface area contributed by atoms with Crippen LogP contribution in [0.5, 0.6) is 0 Å². The van der Waals surface area contributed by atoms with Crippen molar-refractivity contribution in [1.29, 1.82) is 0 Å². The minimum absolute atomic E-state index is 1.02. The van der Waals surface area contributed by atoms with E-state index in [1.54, 1.807) is 0 Å². The van der Waals surface area contributed by atoms with Crippen LogP contribution in [0.3, 0.4) is 0 Å². The third kappa shape index (κ3) is 2.44. The summed E-state index contributed by atoms with van der Waals surface area (Å²) in [4.78, 5) is 0. The van der Waals surface area contributed by atoms with Crippen LogP contribution >= 0.6 is 0 Å². The number of allylic oxidation sites excluding steroid dienone is 2. The van der Waals surface area contributed by atoms with E-state index >= 15 is 0 Å². The van der Waals surface area contributed by atoms with Crippen molar-refractivity contribution in [3.8, 4) is 0 Å². The molecule has 8 heavy (non-hydrogen) atoms. The standard InChI is InChI=1S/C8H12/c1-4-7-8(5-2)6-3/h4-5H,2,6H2,1,3H3. The highest BCUT2D eigenvalue weighted by atomic mass is 13.8. The molecule has 0 unspecified atom stereocenters. The summed E-state index contributed by atoms with van der Waals surface area (Å²) in [5, 5.41) is 0. The van der Waals surface area contributed by atoms with E-state index in [2.05, 4.69) is 19.2 Å². The molecule has 0 atom stereocenters.